The number of hydrogen-bond acceptors (Lipinski definition) is 5. The molecular weight excluding hydrogens is 306 g/mol. The lowest BCUT2D eigenvalue weighted by molar-refractivity contribution is 0.0692. The molecule has 2 heterocycles. The molecule has 7 heteroatoms. The third kappa shape index (κ3) is 3.01. The van der Waals surface area contributed by atoms with Gasteiger partial charge in [0.25, 0.3) is 0 Å². The lowest BCUT2D eigenvalue weighted by atomic mass is 10.3. The van der Waals surface area contributed by atoms with Crippen LogP contribution in [0.25, 0.3) is 0 Å². The van der Waals surface area contributed by atoms with Gasteiger partial charge in [0, 0.05) is 10.7 Å². The van der Waals surface area contributed by atoms with Gasteiger partial charge in [-0.3, -0.25) is 0 Å². The molecule has 0 aromatic carbocycles. The van der Waals surface area contributed by atoms with Crippen LogP contribution in [0.4, 0.5) is 0 Å². The van der Waals surface area contributed by atoms with Crippen LogP contribution < -0.4 is 0 Å². The van der Waals surface area contributed by atoms with E-state index in [0.29, 0.717) is 10.1 Å². The van der Waals surface area contributed by atoms with E-state index in [1.54, 1.807) is 12.3 Å². The molecule has 2 aromatic heterocycles. The first-order valence-electron chi connectivity index (χ1n) is 4.51. The average Bonchev–Trinajstić information content (AvgIpc) is 2.32. The predicted molar refractivity (Wildman–Crippen MR) is 65.1 cm³/mol. The van der Waals surface area contributed by atoms with Gasteiger partial charge in [0.05, 0.1) is 11.8 Å². The van der Waals surface area contributed by atoms with Gasteiger partial charge in [0.1, 0.15) is 10.1 Å². The van der Waals surface area contributed by atoms with Gasteiger partial charge in [-0.1, -0.05) is 0 Å². The predicted octanol–water partition coefficient (Wildman–Crippen LogP) is 2.48. The SMILES string of the molecule is O=C(O)c1ccnnc1Sc1ccc(Br)cn1. The molecule has 0 radical (unpaired) electrons. The van der Waals surface area contributed by atoms with Crippen molar-refractivity contribution in [1.82, 2.24) is 15.2 Å². The van der Waals surface area contributed by atoms with Crippen molar-refractivity contribution in [2.45, 2.75) is 10.1 Å². The van der Waals surface area contributed by atoms with E-state index >= 15 is 0 Å². The van der Waals surface area contributed by atoms with Crippen LogP contribution >= 0.6 is 27.7 Å². The van der Waals surface area contributed by atoms with Crippen LogP contribution in [0.5, 0.6) is 0 Å². The zero-order chi connectivity index (χ0) is 12.3. The molecule has 1 N–H and O–H groups in total. The molecule has 2 aromatic rings. The molecule has 0 atom stereocenters. The smallest absolute Gasteiger partial charge is 0.338 e. The van der Waals surface area contributed by atoms with Crippen molar-refractivity contribution in [1.29, 1.82) is 0 Å². The summed E-state index contributed by atoms with van der Waals surface area (Å²) in [7, 11) is 0. The molecule has 86 valence electrons. The molecule has 5 nitrogen and oxygen atoms in total. The van der Waals surface area contributed by atoms with Crippen molar-refractivity contribution in [3.05, 3.63) is 40.6 Å². The Kier molecular flexibility index (Phi) is 3.70. The number of carboxylic acid groups (broad SMARTS) is 1. The molecule has 0 bridgehead atoms. The van der Waals surface area contributed by atoms with E-state index in [0.717, 1.165) is 16.2 Å². The lowest BCUT2D eigenvalue weighted by Crippen LogP contribution is -2.01. The zero-order valence-electron chi connectivity index (χ0n) is 8.37. The highest BCUT2D eigenvalue weighted by atomic mass is 79.9. The minimum absolute atomic E-state index is 0.120. The summed E-state index contributed by atoms with van der Waals surface area (Å²) in [5.41, 5.74) is 0.120. The quantitative estimate of drug-likeness (QED) is 0.938. The summed E-state index contributed by atoms with van der Waals surface area (Å²) in [5.74, 6) is -1.03. The Hall–Kier alpha value is -1.47. The van der Waals surface area contributed by atoms with Crippen molar-refractivity contribution in [3.63, 3.8) is 0 Å². The monoisotopic (exact) mass is 311 g/mol. The fourth-order valence-corrected chi connectivity index (χ4v) is 2.11. The third-order valence-electron chi connectivity index (χ3n) is 1.82. The van der Waals surface area contributed by atoms with Gasteiger partial charge in [-0.05, 0) is 45.9 Å². The van der Waals surface area contributed by atoms with Crippen LogP contribution in [0.3, 0.4) is 0 Å². The Balaban J connectivity index is 2.30. The van der Waals surface area contributed by atoms with Gasteiger partial charge in [-0.15, -0.1) is 5.10 Å². The Morgan fingerprint density at radius 1 is 1.35 bits per heavy atom. The van der Waals surface area contributed by atoms with Crippen LogP contribution in [0.1, 0.15) is 10.4 Å². The molecule has 0 saturated carbocycles. The molecule has 0 fully saturated rings. The number of nitrogens with zero attached hydrogens (tertiary/aromatic N) is 3. The van der Waals surface area contributed by atoms with Gasteiger partial charge < -0.3 is 5.11 Å². The van der Waals surface area contributed by atoms with Crippen molar-refractivity contribution in [2.75, 3.05) is 0 Å². The van der Waals surface area contributed by atoms with Gasteiger partial charge >= 0.3 is 5.97 Å². The maximum absolute atomic E-state index is 11.0. The summed E-state index contributed by atoms with van der Waals surface area (Å²) >= 11 is 4.44. The van der Waals surface area contributed by atoms with E-state index in [1.807, 2.05) is 6.07 Å². The molecule has 2 rings (SSSR count). The van der Waals surface area contributed by atoms with Crippen LogP contribution in [0.15, 0.2) is 45.1 Å². The Morgan fingerprint density at radius 2 is 2.18 bits per heavy atom. The first-order valence-corrected chi connectivity index (χ1v) is 6.12. The van der Waals surface area contributed by atoms with Gasteiger partial charge in [-0.2, -0.15) is 5.10 Å². The summed E-state index contributed by atoms with van der Waals surface area (Å²) in [5, 5.41) is 17.4. The number of aromatic carboxylic acids is 1. The summed E-state index contributed by atoms with van der Waals surface area (Å²) < 4.78 is 0.861. The Labute approximate surface area is 109 Å². The largest absolute Gasteiger partial charge is 0.478 e. The number of hydrogen-bond donors (Lipinski definition) is 1. The topological polar surface area (TPSA) is 76.0 Å². The third-order valence-corrected chi connectivity index (χ3v) is 3.23. The minimum atomic E-state index is -1.03. The summed E-state index contributed by atoms with van der Waals surface area (Å²) in [6.07, 6.45) is 2.99. The highest BCUT2D eigenvalue weighted by molar-refractivity contribution is 9.10. The Bertz CT molecular complexity index is 548. The molecule has 0 spiro atoms. The number of carbonyl (C=O) groups is 1. The van der Waals surface area contributed by atoms with Crippen molar-refractivity contribution >= 4 is 33.7 Å². The second-order valence-electron chi connectivity index (χ2n) is 2.97. The molecule has 0 amide bonds. The average molecular weight is 312 g/mol. The fraction of sp³-hybridized carbons (Fsp3) is 0. The molecule has 0 unspecified atom stereocenters. The highest BCUT2D eigenvalue weighted by Crippen LogP contribution is 2.27. The van der Waals surface area contributed by atoms with Gasteiger partial charge in [0.15, 0.2) is 0 Å². The van der Waals surface area contributed by atoms with E-state index < -0.39 is 5.97 Å². The van der Waals surface area contributed by atoms with Crippen molar-refractivity contribution < 1.29 is 9.90 Å². The zero-order valence-corrected chi connectivity index (χ0v) is 10.8. The van der Waals surface area contributed by atoms with Gasteiger partial charge in [0.2, 0.25) is 0 Å². The summed E-state index contributed by atoms with van der Waals surface area (Å²) in [6, 6.07) is 5.01. The van der Waals surface area contributed by atoms with Crippen LogP contribution in [0.2, 0.25) is 0 Å². The van der Waals surface area contributed by atoms with Crippen molar-refractivity contribution in [2.24, 2.45) is 0 Å². The number of aromatic nitrogens is 3. The van der Waals surface area contributed by atoms with Crippen molar-refractivity contribution in [3.8, 4) is 0 Å². The maximum Gasteiger partial charge on any atom is 0.338 e. The maximum atomic E-state index is 11.0. The first-order chi connectivity index (χ1) is 8.16. The van der Waals surface area contributed by atoms with Crippen LogP contribution in [-0.4, -0.2) is 26.3 Å². The van der Waals surface area contributed by atoms with E-state index in [1.165, 1.54) is 12.3 Å². The van der Waals surface area contributed by atoms with Gasteiger partial charge in [-0.25, -0.2) is 9.78 Å². The summed E-state index contributed by atoms with van der Waals surface area (Å²) in [6.45, 7) is 0. The number of carboxylic acids is 1. The highest BCUT2D eigenvalue weighted by Gasteiger charge is 2.13. The normalized spacial score (nSPS) is 10.2. The molecule has 17 heavy (non-hydrogen) atoms. The van der Waals surface area contributed by atoms with E-state index in [4.69, 9.17) is 5.11 Å². The number of rotatable bonds is 3. The number of pyridine rings is 1. The molecule has 0 aliphatic rings. The molecular formula is C10H6BrN3O2S. The van der Waals surface area contributed by atoms with Crippen LogP contribution in [-0.2, 0) is 0 Å². The van der Waals surface area contributed by atoms with Crippen LogP contribution in [0, 0.1) is 0 Å². The lowest BCUT2D eigenvalue weighted by Gasteiger charge is -2.02. The number of halogens is 1. The first kappa shape index (κ1) is 12.0. The molecule has 0 aliphatic carbocycles. The fourth-order valence-electron chi connectivity index (χ4n) is 1.08. The van der Waals surface area contributed by atoms with E-state index in [-0.39, 0.29) is 5.56 Å². The summed E-state index contributed by atoms with van der Waals surface area (Å²) in [4.78, 5) is 15.1. The molecule has 0 saturated heterocycles. The van der Waals surface area contributed by atoms with E-state index in [9.17, 15) is 4.79 Å². The minimum Gasteiger partial charge on any atom is -0.478 e. The Morgan fingerprint density at radius 3 is 2.82 bits per heavy atom. The second-order valence-corrected chi connectivity index (χ2v) is 4.90. The molecule has 0 aliphatic heterocycles. The standard InChI is InChI=1S/C10H6BrN3O2S/c11-6-1-2-8(12-5-6)17-9-7(10(15)16)3-4-13-14-9/h1-5H,(H,15,16). The van der Waals surface area contributed by atoms with E-state index in [2.05, 4.69) is 31.1 Å². The second kappa shape index (κ2) is 5.24.